The lowest BCUT2D eigenvalue weighted by molar-refractivity contribution is -0.139. The lowest BCUT2D eigenvalue weighted by atomic mass is 10.0. The quantitative estimate of drug-likeness (QED) is 0.830. The zero-order chi connectivity index (χ0) is 17.0. The van der Waals surface area contributed by atoms with Gasteiger partial charge in [0.25, 0.3) is 0 Å². The first kappa shape index (κ1) is 17.9. The topological polar surface area (TPSA) is 62.6 Å². The third kappa shape index (κ3) is 4.53. The van der Waals surface area contributed by atoms with Gasteiger partial charge in [-0.25, -0.2) is 0 Å². The Morgan fingerprint density at radius 3 is 2.70 bits per heavy atom. The molecule has 0 bridgehead atoms. The second kappa shape index (κ2) is 7.90. The van der Waals surface area contributed by atoms with Gasteiger partial charge >= 0.3 is 0 Å². The summed E-state index contributed by atoms with van der Waals surface area (Å²) in [5.74, 6) is 1.74. The third-order valence-electron chi connectivity index (χ3n) is 3.71. The van der Waals surface area contributed by atoms with E-state index >= 15 is 0 Å². The number of carbonyl (C=O) groups excluding carboxylic acids is 2. The molecule has 1 N–H and O–H groups in total. The summed E-state index contributed by atoms with van der Waals surface area (Å²) in [6, 6.07) is 3.22. The van der Waals surface area contributed by atoms with Crippen molar-refractivity contribution in [3.8, 4) is 0 Å². The minimum absolute atomic E-state index is 0.00162. The van der Waals surface area contributed by atoms with Gasteiger partial charge in [0.2, 0.25) is 11.8 Å². The molecule has 0 aliphatic carbocycles. The van der Waals surface area contributed by atoms with E-state index in [1.807, 2.05) is 12.1 Å². The van der Waals surface area contributed by atoms with Gasteiger partial charge in [-0.1, -0.05) is 27.7 Å². The van der Waals surface area contributed by atoms with E-state index in [0.29, 0.717) is 30.6 Å². The smallest absolute Gasteiger partial charge is 0.242 e. The van der Waals surface area contributed by atoms with Crippen LogP contribution in [0.3, 0.4) is 0 Å². The normalized spacial score (nSPS) is 19.7. The summed E-state index contributed by atoms with van der Waals surface area (Å²) in [7, 11) is 0. The maximum absolute atomic E-state index is 12.7. The molecule has 5 nitrogen and oxygen atoms in total. The second-order valence-electron chi connectivity index (χ2n) is 6.76. The van der Waals surface area contributed by atoms with Gasteiger partial charge in [-0.05, 0) is 30.4 Å². The van der Waals surface area contributed by atoms with Crippen LogP contribution in [-0.4, -0.2) is 35.1 Å². The van der Waals surface area contributed by atoms with Crippen molar-refractivity contribution in [2.24, 2.45) is 11.8 Å². The predicted octanol–water partition coefficient (Wildman–Crippen LogP) is 3.04. The van der Waals surface area contributed by atoms with Crippen LogP contribution in [0.15, 0.2) is 22.8 Å². The second-order valence-corrected chi connectivity index (χ2v) is 7.83. The van der Waals surface area contributed by atoms with E-state index in [0.717, 1.165) is 5.76 Å². The Hall–Kier alpha value is -1.43. The minimum Gasteiger partial charge on any atom is -0.466 e. The van der Waals surface area contributed by atoms with Gasteiger partial charge < -0.3 is 14.6 Å². The Kier molecular flexibility index (Phi) is 6.16. The van der Waals surface area contributed by atoms with Crippen molar-refractivity contribution >= 4 is 23.6 Å². The van der Waals surface area contributed by atoms with Gasteiger partial charge in [0.05, 0.1) is 12.0 Å². The maximum atomic E-state index is 12.7. The Morgan fingerprint density at radius 1 is 1.39 bits per heavy atom. The number of nitrogens with zero attached hydrogens (tertiary/aromatic N) is 1. The number of furan rings is 1. The lowest BCUT2D eigenvalue weighted by Gasteiger charge is -2.32. The average Bonchev–Trinajstić information content (AvgIpc) is 3.11. The molecule has 1 aromatic heterocycles. The van der Waals surface area contributed by atoms with Crippen LogP contribution in [0.1, 0.15) is 45.2 Å². The average molecular weight is 338 g/mol. The first-order chi connectivity index (χ1) is 10.9. The van der Waals surface area contributed by atoms with E-state index in [9.17, 15) is 9.59 Å². The van der Waals surface area contributed by atoms with Crippen molar-refractivity contribution in [2.75, 3.05) is 12.3 Å². The number of hydrogen-bond acceptors (Lipinski definition) is 4. The molecule has 6 heteroatoms. The molecule has 0 radical (unpaired) electrons. The van der Waals surface area contributed by atoms with Gasteiger partial charge in [-0.2, -0.15) is 0 Å². The molecular weight excluding hydrogens is 312 g/mol. The molecule has 128 valence electrons. The van der Waals surface area contributed by atoms with Gasteiger partial charge in [0.1, 0.15) is 17.2 Å². The van der Waals surface area contributed by atoms with Crippen molar-refractivity contribution < 1.29 is 14.0 Å². The predicted molar refractivity (Wildman–Crippen MR) is 91.8 cm³/mol. The zero-order valence-corrected chi connectivity index (χ0v) is 15.1. The Balaban J connectivity index is 2.21. The molecule has 2 amide bonds. The van der Waals surface area contributed by atoms with Crippen molar-refractivity contribution in [3.05, 3.63) is 24.2 Å². The molecule has 0 saturated carbocycles. The number of hydrogen-bond donors (Lipinski definition) is 1. The highest BCUT2D eigenvalue weighted by atomic mass is 32.2. The molecule has 1 aliphatic rings. The van der Waals surface area contributed by atoms with Crippen molar-refractivity contribution in [2.45, 2.75) is 45.5 Å². The summed E-state index contributed by atoms with van der Waals surface area (Å²) in [6.45, 7) is 8.87. The molecule has 2 atom stereocenters. The summed E-state index contributed by atoms with van der Waals surface area (Å²) >= 11 is 1.52. The highest BCUT2D eigenvalue weighted by Crippen LogP contribution is 2.41. The van der Waals surface area contributed by atoms with Crippen molar-refractivity contribution in [1.29, 1.82) is 0 Å². The fraction of sp³-hybridized carbons (Fsp3) is 0.647. The molecule has 2 heterocycles. The van der Waals surface area contributed by atoms with Crippen molar-refractivity contribution in [3.63, 3.8) is 0 Å². The van der Waals surface area contributed by atoms with Crippen LogP contribution in [0.5, 0.6) is 0 Å². The lowest BCUT2D eigenvalue weighted by Crippen LogP contribution is -2.49. The van der Waals surface area contributed by atoms with Gasteiger partial charge in [-0.15, -0.1) is 11.8 Å². The highest BCUT2D eigenvalue weighted by Gasteiger charge is 2.42. The van der Waals surface area contributed by atoms with Crippen LogP contribution < -0.4 is 5.32 Å². The summed E-state index contributed by atoms with van der Waals surface area (Å²) in [5.41, 5.74) is 0. The number of nitrogens with one attached hydrogen (secondary N) is 1. The van der Waals surface area contributed by atoms with E-state index in [-0.39, 0.29) is 17.2 Å². The van der Waals surface area contributed by atoms with E-state index in [4.69, 9.17) is 4.42 Å². The van der Waals surface area contributed by atoms with Crippen LogP contribution in [0.2, 0.25) is 0 Å². The zero-order valence-electron chi connectivity index (χ0n) is 14.2. The van der Waals surface area contributed by atoms with E-state index in [2.05, 4.69) is 33.0 Å². The Labute approximate surface area is 142 Å². The van der Waals surface area contributed by atoms with Gasteiger partial charge in [-0.3, -0.25) is 9.59 Å². The van der Waals surface area contributed by atoms with Crippen LogP contribution in [0, 0.1) is 11.8 Å². The SMILES string of the molecule is CC(C)CNC(=O)C(CC(C)C)N1C(=O)CSC1c1ccco1. The molecule has 23 heavy (non-hydrogen) atoms. The first-order valence-electron chi connectivity index (χ1n) is 8.14. The number of amides is 2. The molecule has 2 unspecified atom stereocenters. The molecule has 1 aliphatic heterocycles. The van der Waals surface area contributed by atoms with Crippen LogP contribution in [0.4, 0.5) is 0 Å². The summed E-state index contributed by atoms with van der Waals surface area (Å²) in [4.78, 5) is 26.8. The fourth-order valence-electron chi connectivity index (χ4n) is 2.64. The standard InChI is InChI=1S/C17H26N2O3S/c1-11(2)8-13(16(21)18-9-12(3)4)19-15(20)10-23-17(19)14-6-5-7-22-14/h5-7,11-13,17H,8-10H2,1-4H3,(H,18,21). The molecule has 1 fully saturated rings. The molecular formula is C17H26N2O3S. The van der Waals surface area contributed by atoms with Crippen molar-refractivity contribution in [1.82, 2.24) is 10.2 Å². The monoisotopic (exact) mass is 338 g/mol. The molecule has 2 rings (SSSR count). The first-order valence-corrected chi connectivity index (χ1v) is 9.19. The van der Waals surface area contributed by atoms with Gasteiger partial charge in [0.15, 0.2) is 0 Å². The largest absolute Gasteiger partial charge is 0.466 e. The maximum Gasteiger partial charge on any atom is 0.242 e. The summed E-state index contributed by atoms with van der Waals surface area (Å²) in [6.07, 6.45) is 2.25. The molecule has 1 aromatic rings. The minimum atomic E-state index is -0.452. The van der Waals surface area contributed by atoms with E-state index in [1.54, 1.807) is 11.2 Å². The third-order valence-corrected chi connectivity index (χ3v) is 4.90. The van der Waals surface area contributed by atoms with E-state index < -0.39 is 6.04 Å². The molecule has 0 aromatic carbocycles. The van der Waals surface area contributed by atoms with E-state index in [1.165, 1.54) is 11.8 Å². The summed E-state index contributed by atoms with van der Waals surface area (Å²) < 4.78 is 5.48. The molecule has 0 spiro atoms. The van der Waals surface area contributed by atoms with Gasteiger partial charge in [0, 0.05) is 6.54 Å². The highest BCUT2D eigenvalue weighted by molar-refractivity contribution is 8.00. The van der Waals surface area contributed by atoms with Crippen LogP contribution in [0.25, 0.3) is 0 Å². The number of thioether (sulfide) groups is 1. The van der Waals surface area contributed by atoms with Crippen LogP contribution in [-0.2, 0) is 9.59 Å². The number of carbonyl (C=O) groups is 2. The Bertz CT molecular complexity index is 528. The number of rotatable bonds is 7. The molecule has 1 saturated heterocycles. The Morgan fingerprint density at radius 2 is 2.13 bits per heavy atom. The fourth-order valence-corrected chi connectivity index (χ4v) is 3.81. The summed E-state index contributed by atoms with van der Waals surface area (Å²) in [5, 5.41) is 2.76. The van der Waals surface area contributed by atoms with Crippen LogP contribution >= 0.6 is 11.8 Å².